The van der Waals surface area contributed by atoms with Gasteiger partial charge in [0.25, 0.3) is 11.8 Å². The molecule has 1 aromatic rings. The Morgan fingerprint density at radius 1 is 1.19 bits per heavy atom. The Balaban J connectivity index is 2.57. The van der Waals surface area contributed by atoms with Crippen LogP contribution in [0.1, 0.15) is 37.0 Å². The summed E-state index contributed by atoms with van der Waals surface area (Å²) in [7, 11) is 0. The van der Waals surface area contributed by atoms with Crippen LogP contribution in [0.5, 0.6) is 5.75 Å². The lowest BCUT2D eigenvalue weighted by Crippen LogP contribution is -2.49. The quantitative estimate of drug-likeness (QED) is 0.658. The lowest BCUT2D eigenvalue weighted by Gasteiger charge is -2.26. The molecule has 2 amide bonds. The van der Waals surface area contributed by atoms with Crippen LogP contribution in [0.4, 0.5) is 0 Å². The highest BCUT2D eigenvalue weighted by atomic mass is 16.5. The van der Waals surface area contributed by atoms with E-state index in [1.54, 1.807) is 24.3 Å². The molecular formula is C15H23N3O3. The molecule has 0 aliphatic rings. The van der Waals surface area contributed by atoms with E-state index in [2.05, 4.69) is 5.32 Å². The summed E-state index contributed by atoms with van der Waals surface area (Å²) in [5.74, 6) is -0.246. The van der Waals surface area contributed by atoms with Crippen molar-refractivity contribution in [1.82, 2.24) is 5.32 Å². The molecule has 0 heterocycles. The second-order valence-electron chi connectivity index (χ2n) is 5.03. The van der Waals surface area contributed by atoms with Gasteiger partial charge >= 0.3 is 0 Å². The molecule has 6 nitrogen and oxygen atoms in total. The van der Waals surface area contributed by atoms with Crippen LogP contribution in [-0.4, -0.2) is 30.5 Å². The zero-order valence-electron chi connectivity index (χ0n) is 12.5. The van der Waals surface area contributed by atoms with Gasteiger partial charge in [0.1, 0.15) is 5.75 Å². The highest BCUT2D eigenvalue weighted by Crippen LogP contribution is 2.13. The minimum absolute atomic E-state index is 0.186. The van der Waals surface area contributed by atoms with Gasteiger partial charge in [-0.25, -0.2) is 0 Å². The molecule has 0 aliphatic heterocycles. The van der Waals surface area contributed by atoms with E-state index in [4.69, 9.17) is 16.2 Å². The summed E-state index contributed by atoms with van der Waals surface area (Å²) in [5, 5.41) is 2.83. The van der Waals surface area contributed by atoms with Gasteiger partial charge in [0.2, 0.25) is 0 Å². The molecule has 0 aromatic heterocycles. The van der Waals surface area contributed by atoms with E-state index in [1.807, 2.05) is 13.8 Å². The molecular weight excluding hydrogens is 270 g/mol. The Labute approximate surface area is 124 Å². The number of hydrogen-bond acceptors (Lipinski definition) is 4. The number of amides is 2. The molecule has 0 atom stereocenters. The van der Waals surface area contributed by atoms with E-state index in [1.165, 1.54) is 0 Å². The Morgan fingerprint density at radius 3 is 2.24 bits per heavy atom. The van der Waals surface area contributed by atoms with Crippen molar-refractivity contribution in [3.63, 3.8) is 0 Å². The van der Waals surface area contributed by atoms with Gasteiger partial charge in [0.05, 0.1) is 0 Å². The number of benzene rings is 1. The maximum absolute atomic E-state index is 12.0. The van der Waals surface area contributed by atoms with Crippen LogP contribution < -0.4 is 21.5 Å². The number of carbonyl (C=O) groups is 2. The molecule has 0 saturated carbocycles. The van der Waals surface area contributed by atoms with Crippen molar-refractivity contribution in [2.45, 2.75) is 32.2 Å². The topological polar surface area (TPSA) is 107 Å². The molecule has 0 unspecified atom stereocenters. The van der Waals surface area contributed by atoms with Crippen molar-refractivity contribution >= 4 is 11.8 Å². The van der Waals surface area contributed by atoms with Gasteiger partial charge in [0, 0.05) is 17.6 Å². The van der Waals surface area contributed by atoms with Gasteiger partial charge in [-0.05, 0) is 37.1 Å². The summed E-state index contributed by atoms with van der Waals surface area (Å²) < 4.78 is 5.12. The third-order valence-electron chi connectivity index (χ3n) is 3.51. The first kappa shape index (κ1) is 17.0. The largest absolute Gasteiger partial charge is 0.484 e. The van der Waals surface area contributed by atoms with Gasteiger partial charge < -0.3 is 21.5 Å². The smallest absolute Gasteiger partial charge is 0.255 e. The van der Waals surface area contributed by atoms with Crippen LogP contribution in [0.3, 0.4) is 0 Å². The molecule has 0 bridgehead atoms. The van der Waals surface area contributed by atoms with Crippen LogP contribution in [0.25, 0.3) is 0 Å². The summed E-state index contributed by atoms with van der Waals surface area (Å²) in [6, 6.07) is 6.49. The zero-order valence-corrected chi connectivity index (χ0v) is 12.5. The third kappa shape index (κ3) is 5.43. The Bertz CT molecular complexity index is 481. The molecule has 0 saturated heterocycles. The summed E-state index contributed by atoms with van der Waals surface area (Å²) in [6.07, 6.45) is 1.59. The average molecular weight is 293 g/mol. The van der Waals surface area contributed by atoms with Crippen molar-refractivity contribution in [2.24, 2.45) is 11.5 Å². The van der Waals surface area contributed by atoms with Crippen LogP contribution in [0.2, 0.25) is 0 Å². The average Bonchev–Trinajstić information content (AvgIpc) is 2.50. The van der Waals surface area contributed by atoms with Gasteiger partial charge in [-0.15, -0.1) is 0 Å². The number of rotatable bonds is 8. The number of hydrogen-bond donors (Lipinski definition) is 3. The van der Waals surface area contributed by atoms with E-state index in [0.717, 1.165) is 12.8 Å². The van der Waals surface area contributed by atoms with Gasteiger partial charge in [-0.2, -0.15) is 0 Å². The van der Waals surface area contributed by atoms with E-state index in [-0.39, 0.29) is 18.1 Å². The molecule has 0 fully saturated rings. The van der Waals surface area contributed by atoms with Crippen LogP contribution in [-0.2, 0) is 4.79 Å². The first-order valence-electron chi connectivity index (χ1n) is 6.98. The van der Waals surface area contributed by atoms with E-state index < -0.39 is 5.91 Å². The number of primary amides is 1. The molecule has 5 N–H and O–H groups in total. The number of carbonyl (C=O) groups excluding carboxylic acids is 2. The van der Waals surface area contributed by atoms with E-state index >= 15 is 0 Å². The lowest BCUT2D eigenvalue weighted by molar-refractivity contribution is -0.119. The predicted molar refractivity (Wildman–Crippen MR) is 81.0 cm³/mol. The lowest BCUT2D eigenvalue weighted by atomic mass is 9.94. The molecule has 6 heteroatoms. The van der Waals surface area contributed by atoms with Crippen molar-refractivity contribution in [3.05, 3.63) is 29.8 Å². The Kier molecular flexibility index (Phi) is 6.17. The van der Waals surface area contributed by atoms with E-state index in [0.29, 0.717) is 17.9 Å². The maximum Gasteiger partial charge on any atom is 0.255 e. The predicted octanol–water partition coefficient (Wildman–Crippen LogP) is 0.798. The monoisotopic (exact) mass is 293 g/mol. The van der Waals surface area contributed by atoms with Crippen molar-refractivity contribution in [3.8, 4) is 5.75 Å². The summed E-state index contributed by atoms with van der Waals surface area (Å²) in [5.41, 5.74) is 11.3. The summed E-state index contributed by atoms with van der Waals surface area (Å²) >= 11 is 0. The zero-order chi connectivity index (χ0) is 15.9. The molecule has 1 aromatic carbocycles. The minimum atomic E-state index is -0.546. The molecule has 116 valence electrons. The molecule has 21 heavy (non-hydrogen) atoms. The van der Waals surface area contributed by atoms with Crippen LogP contribution >= 0.6 is 0 Å². The SMILES string of the molecule is CCC(N)(CC)CNC(=O)c1ccc(OCC(N)=O)cc1. The number of nitrogens with two attached hydrogens (primary N) is 2. The first-order chi connectivity index (χ1) is 9.90. The number of ether oxygens (including phenoxy) is 1. The minimum Gasteiger partial charge on any atom is -0.484 e. The fourth-order valence-corrected chi connectivity index (χ4v) is 1.72. The van der Waals surface area contributed by atoms with Crippen molar-refractivity contribution in [2.75, 3.05) is 13.2 Å². The standard InChI is InChI=1S/C15H23N3O3/c1-3-15(17,4-2)10-18-14(20)11-5-7-12(8-6-11)21-9-13(16)19/h5-8H,3-4,9-10,17H2,1-2H3,(H2,16,19)(H,18,20). The second-order valence-corrected chi connectivity index (χ2v) is 5.03. The fraction of sp³-hybridized carbons (Fsp3) is 0.467. The second kappa shape index (κ2) is 7.64. The van der Waals surface area contributed by atoms with Crippen molar-refractivity contribution in [1.29, 1.82) is 0 Å². The van der Waals surface area contributed by atoms with Crippen LogP contribution in [0.15, 0.2) is 24.3 Å². The molecule has 0 spiro atoms. The van der Waals surface area contributed by atoms with E-state index in [9.17, 15) is 9.59 Å². The normalized spacial score (nSPS) is 11.0. The maximum atomic E-state index is 12.0. The first-order valence-corrected chi connectivity index (χ1v) is 6.98. The summed E-state index contributed by atoms with van der Waals surface area (Å²) in [6.45, 7) is 4.24. The highest BCUT2D eigenvalue weighted by Gasteiger charge is 2.21. The van der Waals surface area contributed by atoms with Gasteiger partial charge in [-0.1, -0.05) is 13.8 Å². The van der Waals surface area contributed by atoms with Gasteiger partial charge in [-0.3, -0.25) is 9.59 Å². The molecule has 0 radical (unpaired) electrons. The molecule has 1 rings (SSSR count). The Hall–Kier alpha value is -2.08. The highest BCUT2D eigenvalue weighted by molar-refractivity contribution is 5.94. The fourth-order valence-electron chi connectivity index (χ4n) is 1.72. The third-order valence-corrected chi connectivity index (χ3v) is 3.51. The van der Waals surface area contributed by atoms with Crippen molar-refractivity contribution < 1.29 is 14.3 Å². The molecule has 0 aliphatic carbocycles. The van der Waals surface area contributed by atoms with Crippen LogP contribution in [0, 0.1) is 0 Å². The number of nitrogens with one attached hydrogen (secondary N) is 1. The Morgan fingerprint density at radius 2 is 1.76 bits per heavy atom. The van der Waals surface area contributed by atoms with Gasteiger partial charge in [0.15, 0.2) is 6.61 Å². The summed E-state index contributed by atoms with van der Waals surface area (Å²) in [4.78, 5) is 22.6.